The molecule has 0 amide bonds. The lowest BCUT2D eigenvalue weighted by molar-refractivity contribution is 0.280. The predicted octanol–water partition coefficient (Wildman–Crippen LogP) is 4.87. The molecule has 0 fully saturated rings. The normalized spacial score (nSPS) is 25.9. The van der Waals surface area contributed by atoms with Gasteiger partial charge in [-0.3, -0.25) is 0 Å². The number of hydrogen-bond acceptors (Lipinski definition) is 0. The molecule has 13 heavy (non-hydrogen) atoms. The zero-order chi connectivity index (χ0) is 10.3. The Morgan fingerprint density at radius 3 is 2.08 bits per heavy atom. The molecule has 0 atom stereocenters. The van der Waals surface area contributed by atoms with E-state index in [9.17, 15) is 0 Å². The molecule has 0 spiro atoms. The highest BCUT2D eigenvalue weighted by Crippen LogP contribution is 2.47. The van der Waals surface area contributed by atoms with Gasteiger partial charge >= 0.3 is 0 Å². The molecule has 0 aromatic carbocycles. The first-order valence-corrected chi connectivity index (χ1v) is 6.59. The molecular formula is C11H18Br2. The van der Waals surface area contributed by atoms with Crippen LogP contribution < -0.4 is 0 Å². The summed E-state index contributed by atoms with van der Waals surface area (Å²) in [6, 6.07) is 0. The second kappa shape index (κ2) is 3.69. The predicted molar refractivity (Wildman–Crippen MR) is 66.5 cm³/mol. The van der Waals surface area contributed by atoms with Crippen LogP contribution in [-0.2, 0) is 0 Å². The Hall–Kier alpha value is 0.700. The lowest BCUT2D eigenvalue weighted by atomic mass is 9.68. The molecule has 1 aliphatic rings. The Balaban J connectivity index is 3.01. The lowest BCUT2D eigenvalue weighted by Gasteiger charge is -2.39. The topological polar surface area (TPSA) is 0 Å². The van der Waals surface area contributed by atoms with Crippen molar-refractivity contribution in [3.05, 3.63) is 11.6 Å². The first kappa shape index (κ1) is 11.8. The fourth-order valence-electron chi connectivity index (χ4n) is 1.83. The number of rotatable bonds is 1. The molecule has 0 aromatic rings. The van der Waals surface area contributed by atoms with Crippen molar-refractivity contribution in [3.63, 3.8) is 0 Å². The van der Waals surface area contributed by atoms with Crippen molar-refractivity contribution in [1.82, 2.24) is 0 Å². The molecule has 0 bridgehead atoms. The molecule has 2 heteroatoms. The van der Waals surface area contributed by atoms with Crippen molar-refractivity contribution in [2.75, 3.05) is 0 Å². The van der Waals surface area contributed by atoms with Crippen LogP contribution >= 0.6 is 31.9 Å². The van der Waals surface area contributed by atoms with Crippen LogP contribution in [0.5, 0.6) is 0 Å². The molecule has 0 unspecified atom stereocenters. The summed E-state index contributed by atoms with van der Waals surface area (Å²) in [7, 11) is 0. The van der Waals surface area contributed by atoms with Crippen LogP contribution in [0.15, 0.2) is 11.6 Å². The zero-order valence-corrected chi connectivity index (χ0v) is 12.0. The van der Waals surface area contributed by atoms with E-state index < -0.39 is 0 Å². The van der Waals surface area contributed by atoms with Crippen molar-refractivity contribution in [2.45, 2.75) is 44.3 Å². The van der Waals surface area contributed by atoms with E-state index in [1.165, 1.54) is 18.4 Å². The Labute approximate surface area is 98.4 Å². The molecule has 0 radical (unpaired) electrons. The van der Waals surface area contributed by atoms with Gasteiger partial charge in [-0.15, -0.1) is 0 Å². The SMILES string of the molecule is CC1(C)C=C(C(Br)Br)C(C)(C)CC1. The smallest absolute Gasteiger partial charge is 0.0771 e. The molecule has 0 N–H and O–H groups in total. The Kier molecular flexibility index (Phi) is 3.34. The quantitative estimate of drug-likeness (QED) is 0.478. The summed E-state index contributed by atoms with van der Waals surface area (Å²) in [5.74, 6) is 0. The molecular weight excluding hydrogens is 292 g/mol. The second-order valence-corrected chi connectivity index (χ2v) is 8.33. The van der Waals surface area contributed by atoms with Crippen LogP contribution in [0, 0.1) is 10.8 Å². The lowest BCUT2D eigenvalue weighted by Crippen LogP contribution is -2.28. The summed E-state index contributed by atoms with van der Waals surface area (Å²) in [4.78, 5) is 0. The van der Waals surface area contributed by atoms with Crippen molar-refractivity contribution >= 4 is 31.9 Å². The van der Waals surface area contributed by atoms with Crippen LogP contribution in [0.2, 0.25) is 0 Å². The highest BCUT2D eigenvalue weighted by atomic mass is 79.9. The average molecular weight is 310 g/mol. The molecule has 0 saturated carbocycles. The minimum absolute atomic E-state index is 0.328. The van der Waals surface area contributed by atoms with Gasteiger partial charge in [0.05, 0.1) is 3.74 Å². The van der Waals surface area contributed by atoms with Gasteiger partial charge < -0.3 is 0 Å². The van der Waals surface area contributed by atoms with Gasteiger partial charge in [0, 0.05) is 0 Å². The van der Waals surface area contributed by atoms with E-state index in [0.717, 1.165) is 0 Å². The fourth-order valence-corrected chi connectivity index (χ4v) is 3.33. The highest BCUT2D eigenvalue weighted by Gasteiger charge is 2.34. The van der Waals surface area contributed by atoms with Crippen LogP contribution in [0.4, 0.5) is 0 Å². The summed E-state index contributed by atoms with van der Waals surface area (Å²) < 4.78 is 0.328. The van der Waals surface area contributed by atoms with E-state index in [1.54, 1.807) is 0 Å². The minimum Gasteiger partial charge on any atom is -0.0771 e. The molecule has 1 rings (SSSR count). The minimum atomic E-state index is 0.328. The van der Waals surface area contributed by atoms with E-state index in [1.807, 2.05) is 0 Å². The molecule has 0 aliphatic heterocycles. The summed E-state index contributed by atoms with van der Waals surface area (Å²) in [6.45, 7) is 9.27. The van der Waals surface area contributed by atoms with Gasteiger partial charge in [-0.2, -0.15) is 0 Å². The van der Waals surface area contributed by atoms with Gasteiger partial charge in [0.15, 0.2) is 0 Å². The van der Waals surface area contributed by atoms with Crippen LogP contribution in [0.1, 0.15) is 40.5 Å². The Morgan fingerprint density at radius 2 is 1.69 bits per heavy atom. The molecule has 0 nitrogen and oxygen atoms in total. The Morgan fingerprint density at radius 1 is 1.15 bits per heavy atom. The van der Waals surface area contributed by atoms with Crippen LogP contribution in [0.3, 0.4) is 0 Å². The van der Waals surface area contributed by atoms with Crippen molar-refractivity contribution in [3.8, 4) is 0 Å². The maximum atomic E-state index is 3.61. The summed E-state index contributed by atoms with van der Waals surface area (Å²) in [5.41, 5.74) is 2.20. The first-order chi connectivity index (χ1) is 5.75. The van der Waals surface area contributed by atoms with Crippen LogP contribution in [-0.4, -0.2) is 3.74 Å². The highest BCUT2D eigenvalue weighted by molar-refractivity contribution is 9.24. The van der Waals surface area contributed by atoms with E-state index in [4.69, 9.17) is 0 Å². The first-order valence-electron chi connectivity index (χ1n) is 4.76. The summed E-state index contributed by atoms with van der Waals surface area (Å²) in [5, 5.41) is 0. The average Bonchev–Trinajstić information content (AvgIpc) is 1.95. The molecule has 1 aliphatic carbocycles. The molecule has 0 heterocycles. The van der Waals surface area contributed by atoms with E-state index in [0.29, 0.717) is 14.6 Å². The summed E-state index contributed by atoms with van der Waals surface area (Å²) >= 11 is 7.22. The molecule has 0 saturated heterocycles. The van der Waals surface area contributed by atoms with Crippen molar-refractivity contribution in [1.29, 1.82) is 0 Å². The number of alkyl halides is 2. The third-order valence-corrected chi connectivity index (χ3v) is 3.94. The Bertz CT molecular complexity index is 224. The van der Waals surface area contributed by atoms with E-state index in [-0.39, 0.29) is 0 Å². The van der Waals surface area contributed by atoms with E-state index >= 15 is 0 Å². The zero-order valence-electron chi connectivity index (χ0n) is 8.82. The maximum Gasteiger partial charge on any atom is 0.0912 e. The molecule has 76 valence electrons. The van der Waals surface area contributed by atoms with Gasteiger partial charge in [-0.1, -0.05) is 65.6 Å². The molecule has 0 aromatic heterocycles. The van der Waals surface area contributed by atoms with Crippen LogP contribution in [0.25, 0.3) is 0 Å². The largest absolute Gasteiger partial charge is 0.0912 e. The summed E-state index contributed by atoms with van der Waals surface area (Å²) in [6.07, 6.45) is 4.99. The standard InChI is InChI=1S/C11H18Br2/c1-10(2)5-6-11(3,4)8(7-10)9(12)13/h7,9H,5-6H2,1-4H3. The van der Waals surface area contributed by atoms with Gasteiger partial charge in [-0.25, -0.2) is 0 Å². The van der Waals surface area contributed by atoms with Gasteiger partial charge in [-0.05, 0) is 29.2 Å². The van der Waals surface area contributed by atoms with Crippen molar-refractivity contribution in [2.24, 2.45) is 10.8 Å². The maximum absolute atomic E-state index is 3.61. The number of allylic oxidation sites excluding steroid dienone is 2. The van der Waals surface area contributed by atoms with Gasteiger partial charge in [0.1, 0.15) is 0 Å². The third kappa shape index (κ3) is 2.82. The third-order valence-electron chi connectivity index (χ3n) is 2.96. The monoisotopic (exact) mass is 308 g/mol. The second-order valence-electron chi connectivity index (χ2n) is 5.27. The van der Waals surface area contributed by atoms with Gasteiger partial charge in [0.2, 0.25) is 0 Å². The van der Waals surface area contributed by atoms with Crippen molar-refractivity contribution < 1.29 is 0 Å². The fraction of sp³-hybridized carbons (Fsp3) is 0.818. The van der Waals surface area contributed by atoms with Gasteiger partial charge in [0.25, 0.3) is 0 Å². The number of halogens is 2. The number of hydrogen-bond donors (Lipinski definition) is 0. The van der Waals surface area contributed by atoms with E-state index in [2.05, 4.69) is 65.6 Å².